The second-order valence-corrected chi connectivity index (χ2v) is 9.67. The first kappa shape index (κ1) is 22.7. The molecule has 0 bridgehead atoms. The molecule has 2 aromatic heterocycles. The van der Waals surface area contributed by atoms with Crippen molar-refractivity contribution in [2.24, 2.45) is 0 Å². The largest absolute Gasteiger partial charge is 0.378 e. The molecule has 0 atom stereocenters. The van der Waals surface area contributed by atoms with Crippen molar-refractivity contribution in [3.8, 4) is 16.6 Å². The number of allylic oxidation sites excluding steroid dienone is 1. The lowest BCUT2D eigenvalue weighted by atomic mass is 10.1. The van der Waals surface area contributed by atoms with Gasteiger partial charge < -0.3 is 10.2 Å². The van der Waals surface area contributed by atoms with E-state index in [-0.39, 0.29) is 5.91 Å². The number of nitrogens with one attached hydrogen (secondary N) is 1. The molecule has 4 rings (SSSR count). The summed E-state index contributed by atoms with van der Waals surface area (Å²) < 4.78 is 0. The average molecular weight is 491 g/mol. The molecular weight excluding hydrogens is 472 g/mol. The standard InChI is InChI=1S/C25H19ClN4OS2/c1-30(2)20-11-5-16(6-12-20)14-18(15-27)24-28-22(21-4-3-13-32-21)25(33-24)29-23(31)17-7-9-19(26)10-8-17/h3-14H,1-2H3,(H,29,31). The minimum atomic E-state index is -0.263. The summed E-state index contributed by atoms with van der Waals surface area (Å²) >= 11 is 8.74. The van der Waals surface area contributed by atoms with Crippen LogP contribution in [0.15, 0.2) is 66.0 Å². The minimum absolute atomic E-state index is 0.263. The van der Waals surface area contributed by atoms with Gasteiger partial charge in [0.2, 0.25) is 0 Å². The number of hydrogen-bond donors (Lipinski definition) is 1. The average Bonchev–Trinajstić information content (AvgIpc) is 3.48. The number of thiophene rings is 1. The summed E-state index contributed by atoms with van der Waals surface area (Å²) in [6, 6.07) is 20.7. The zero-order valence-electron chi connectivity index (χ0n) is 17.9. The van der Waals surface area contributed by atoms with Gasteiger partial charge in [-0.05, 0) is 59.5 Å². The number of carbonyl (C=O) groups is 1. The molecule has 5 nitrogen and oxygen atoms in total. The number of carbonyl (C=O) groups excluding carboxylic acids is 1. The van der Waals surface area contributed by atoms with Crippen LogP contribution < -0.4 is 10.2 Å². The maximum Gasteiger partial charge on any atom is 0.256 e. The highest BCUT2D eigenvalue weighted by molar-refractivity contribution is 7.19. The Hall–Kier alpha value is -3.44. The van der Waals surface area contributed by atoms with E-state index < -0.39 is 0 Å². The molecule has 2 heterocycles. The third-order valence-electron chi connectivity index (χ3n) is 4.79. The SMILES string of the molecule is CN(C)c1ccc(C=C(C#N)c2nc(-c3cccs3)c(NC(=O)c3ccc(Cl)cc3)s2)cc1. The predicted molar refractivity (Wildman–Crippen MR) is 139 cm³/mol. The number of anilines is 2. The number of amides is 1. The van der Waals surface area contributed by atoms with E-state index in [2.05, 4.69) is 11.4 Å². The first-order valence-electron chi connectivity index (χ1n) is 9.96. The highest BCUT2D eigenvalue weighted by Crippen LogP contribution is 2.38. The molecule has 164 valence electrons. The monoisotopic (exact) mass is 490 g/mol. The fourth-order valence-electron chi connectivity index (χ4n) is 3.05. The zero-order chi connectivity index (χ0) is 23.4. The summed E-state index contributed by atoms with van der Waals surface area (Å²) in [7, 11) is 3.96. The Kier molecular flexibility index (Phi) is 6.90. The molecule has 0 unspecified atom stereocenters. The number of nitrogens with zero attached hydrogens (tertiary/aromatic N) is 3. The topological polar surface area (TPSA) is 69.0 Å². The molecule has 0 saturated carbocycles. The number of aromatic nitrogens is 1. The van der Waals surface area contributed by atoms with Crippen LogP contribution in [0.1, 0.15) is 20.9 Å². The number of hydrogen-bond acceptors (Lipinski definition) is 6. The molecule has 0 aliphatic carbocycles. The molecule has 0 saturated heterocycles. The Morgan fingerprint density at radius 1 is 1.12 bits per heavy atom. The number of thiazole rings is 1. The quantitative estimate of drug-likeness (QED) is 0.298. The van der Waals surface area contributed by atoms with Gasteiger partial charge in [-0.15, -0.1) is 11.3 Å². The Labute approximate surface area is 205 Å². The molecule has 0 aliphatic heterocycles. The van der Waals surface area contributed by atoms with Crippen LogP contribution in [0.2, 0.25) is 5.02 Å². The van der Waals surface area contributed by atoms with Crippen LogP contribution in [0, 0.1) is 11.3 Å². The molecule has 0 radical (unpaired) electrons. The van der Waals surface area contributed by atoms with Crippen molar-refractivity contribution in [3.63, 3.8) is 0 Å². The van der Waals surface area contributed by atoms with Gasteiger partial charge in [-0.2, -0.15) is 5.26 Å². The minimum Gasteiger partial charge on any atom is -0.378 e. The second-order valence-electron chi connectivity index (χ2n) is 7.29. The highest BCUT2D eigenvalue weighted by atomic mass is 35.5. The van der Waals surface area contributed by atoms with E-state index in [1.165, 1.54) is 22.7 Å². The molecule has 0 aliphatic rings. The maximum atomic E-state index is 12.8. The van der Waals surface area contributed by atoms with Gasteiger partial charge in [0.25, 0.3) is 5.91 Å². The highest BCUT2D eigenvalue weighted by Gasteiger charge is 2.19. The zero-order valence-corrected chi connectivity index (χ0v) is 20.3. The van der Waals surface area contributed by atoms with Crippen molar-refractivity contribution in [1.29, 1.82) is 5.26 Å². The smallest absolute Gasteiger partial charge is 0.256 e. The van der Waals surface area contributed by atoms with Crippen LogP contribution in [-0.2, 0) is 0 Å². The number of rotatable bonds is 6. The van der Waals surface area contributed by atoms with Crippen molar-refractivity contribution in [2.75, 3.05) is 24.3 Å². The summed E-state index contributed by atoms with van der Waals surface area (Å²) in [6.07, 6.45) is 1.81. The van der Waals surface area contributed by atoms with Gasteiger partial charge in [0.1, 0.15) is 21.8 Å². The fraction of sp³-hybridized carbons (Fsp3) is 0.0800. The molecule has 0 spiro atoms. The first-order chi connectivity index (χ1) is 15.9. The molecule has 4 aromatic rings. The van der Waals surface area contributed by atoms with Crippen LogP contribution in [0.4, 0.5) is 10.7 Å². The van der Waals surface area contributed by atoms with Crippen LogP contribution in [0.5, 0.6) is 0 Å². The van der Waals surface area contributed by atoms with Gasteiger partial charge in [0, 0.05) is 30.4 Å². The normalized spacial score (nSPS) is 11.2. The third-order valence-corrected chi connectivity index (χ3v) is 6.92. The lowest BCUT2D eigenvalue weighted by molar-refractivity contribution is 0.102. The number of nitriles is 1. The van der Waals surface area contributed by atoms with E-state index in [0.717, 1.165) is 16.1 Å². The molecule has 33 heavy (non-hydrogen) atoms. The van der Waals surface area contributed by atoms with Crippen molar-refractivity contribution in [3.05, 3.63) is 87.2 Å². The van der Waals surface area contributed by atoms with E-state index in [1.54, 1.807) is 30.3 Å². The lowest BCUT2D eigenvalue weighted by Crippen LogP contribution is -2.11. The fourth-order valence-corrected chi connectivity index (χ4v) is 4.91. The van der Waals surface area contributed by atoms with Crippen LogP contribution >= 0.6 is 34.3 Å². The molecule has 8 heteroatoms. The van der Waals surface area contributed by atoms with Gasteiger partial charge in [-0.1, -0.05) is 41.1 Å². The van der Waals surface area contributed by atoms with E-state index in [1.807, 2.05) is 60.8 Å². The summed E-state index contributed by atoms with van der Waals surface area (Å²) in [6.45, 7) is 0. The lowest BCUT2D eigenvalue weighted by Gasteiger charge is -2.11. The Morgan fingerprint density at radius 2 is 1.85 bits per heavy atom. The summed E-state index contributed by atoms with van der Waals surface area (Å²) in [4.78, 5) is 20.5. The molecule has 0 fully saturated rings. The van der Waals surface area contributed by atoms with Crippen molar-refractivity contribution in [2.45, 2.75) is 0 Å². The van der Waals surface area contributed by atoms with Gasteiger partial charge in [-0.25, -0.2) is 4.98 Å². The second kappa shape index (κ2) is 10.0. The van der Waals surface area contributed by atoms with E-state index >= 15 is 0 Å². The molecule has 1 N–H and O–H groups in total. The van der Waals surface area contributed by atoms with E-state index in [4.69, 9.17) is 16.6 Å². The van der Waals surface area contributed by atoms with Gasteiger partial charge in [0.05, 0.1) is 10.5 Å². The van der Waals surface area contributed by atoms with Crippen molar-refractivity contribution in [1.82, 2.24) is 4.98 Å². The summed E-state index contributed by atoms with van der Waals surface area (Å²) in [5.41, 5.74) is 3.55. The van der Waals surface area contributed by atoms with Crippen molar-refractivity contribution >= 4 is 62.5 Å². The summed E-state index contributed by atoms with van der Waals surface area (Å²) in [5, 5.41) is 16.5. The van der Waals surface area contributed by atoms with E-state index in [0.29, 0.717) is 31.9 Å². The predicted octanol–water partition coefficient (Wildman–Crippen LogP) is 6.91. The maximum absolute atomic E-state index is 12.8. The van der Waals surface area contributed by atoms with Gasteiger partial charge in [-0.3, -0.25) is 4.79 Å². The Balaban J connectivity index is 1.69. The Bertz CT molecular complexity index is 1330. The van der Waals surface area contributed by atoms with Crippen molar-refractivity contribution < 1.29 is 4.79 Å². The number of halogens is 1. The van der Waals surface area contributed by atoms with Crippen LogP contribution in [0.25, 0.3) is 22.2 Å². The third kappa shape index (κ3) is 5.32. The van der Waals surface area contributed by atoms with Gasteiger partial charge >= 0.3 is 0 Å². The number of benzene rings is 2. The molecule has 1 amide bonds. The van der Waals surface area contributed by atoms with Crippen LogP contribution in [-0.4, -0.2) is 25.0 Å². The van der Waals surface area contributed by atoms with Crippen LogP contribution in [0.3, 0.4) is 0 Å². The van der Waals surface area contributed by atoms with E-state index in [9.17, 15) is 10.1 Å². The molecular formula is C25H19ClN4OS2. The van der Waals surface area contributed by atoms with Gasteiger partial charge in [0.15, 0.2) is 0 Å². The Morgan fingerprint density at radius 3 is 2.45 bits per heavy atom. The molecule has 2 aromatic carbocycles. The first-order valence-corrected chi connectivity index (χ1v) is 12.0. The summed E-state index contributed by atoms with van der Waals surface area (Å²) in [5.74, 6) is -0.263.